The second kappa shape index (κ2) is 6.09. The van der Waals surface area contributed by atoms with Crippen molar-refractivity contribution in [2.24, 2.45) is 0 Å². The van der Waals surface area contributed by atoms with E-state index in [1.165, 1.54) is 0 Å². The number of aromatic nitrogens is 1. The van der Waals surface area contributed by atoms with Crippen LogP contribution in [0.4, 0.5) is 11.4 Å². The first-order valence-electron chi connectivity index (χ1n) is 6.34. The maximum atomic E-state index is 6.10. The van der Waals surface area contributed by atoms with Crippen molar-refractivity contribution in [1.29, 1.82) is 0 Å². The molecule has 100 valence electrons. The van der Waals surface area contributed by atoms with E-state index < -0.39 is 0 Å². The molecule has 4 heteroatoms. The highest BCUT2D eigenvalue weighted by Gasteiger charge is 2.07. The average Bonchev–Trinajstić information content (AvgIpc) is 2.40. The van der Waals surface area contributed by atoms with Crippen molar-refractivity contribution in [3.05, 3.63) is 48.3 Å². The fourth-order valence-electron chi connectivity index (χ4n) is 1.75. The first kappa shape index (κ1) is 13.2. The van der Waals surface area contributed by atoms with Gasteiger partial charge in [-0.15, -0.1) is 0 Å². The van der Waals surface area contributed by atoms with Crippen molar-refractivity contribution in [2.45, 2.75) is 26.5 Å². The number of pyridine rings is 1. The maximum absolute atomic E-state index is 6.10. The average molecular weight is 257 g/mol. The van der Waals surface area contributed by atoms with Gasteiger partial charge in [-0.25, -0.2) is 0 Å². The monoisotopic (exact) mass is 257 g/mol. The Bertz CT molecular complexity index is 526. The van der Waals surface area contributed by atoms with Gasteiger partial charge in [0, 0.05) is 18.9 Å². The van der Waals surface area contributed by atoms with Gasteiger partial charge in [0.25, 0.3) is 0 Å². The van der Waals surface area contributed by atoms with Crippen molar-refractivity contribution in [1.82, 2.24) is 4.98 Å². The molecule has 4 nitrogen and oxygen atoms in total. The van der Waals surface area contributed by atoms with Crippen LogP contribution in [0.2, 0.25) is 0 Å². The molecule has 1 heterocycles. The summed E-state index contributed by atoms with van der Waals surface area (Å²) in [5.74, 6) is 0.717. The molecule has 0 aliphatic carbocycles. The Labute approximate surface area is 113 Å². The summed E-state index contributed by atoms with van der Waals surface area (Å²) in [7, 11) is 0. The van der Waals surface area contributed by atoms with Crippen LogP contribution in [0, 0.1) is 0 Å². The first-order chi connectivity index (χ1) is 9.16. The predicted octanol–water partition coefficient (Wildman–Crippen LogP) is 3.06. The minimum absolute atomic E-state index is 0.109. The largest absolute Gasteiger partial charge is 0.489 e. The smallest absolute Gasteiger partial charge is 0.144 e. The Balaban J connectivity index is 2.08. The molecule has 3 N–H and O–H groups in total. The van der Waals surface area contributed by atoms with E-state index in [9.17, 15) is 0 Å². The Morgan fingerprint density at radius 3 is 2.63 bits per heavy atom. The Hall–Kier alpha value is -2.23. The van der Waals surface area contributed by atoms with Gasteiger partial charge >= 0.3 is 0 Å². The molecule has 2 rings (SSSR count). The van der Waals surface area contributed by atoms with Crippen LogP contribution in [0.15, 0.2) is 42.7 Å². The zero-order valence-electron chi connectivity index (χ0n) is 11.3. The van der Waals surface area contributed by atoms with Crippen LogP contribution in [-0.2, 0) is 6.54 Å². The SMILES string of the molecule is CC(C)Oc1cccc(NCc2ccncc2)c1N. The minimum Gasteiger partial charge on any atom is -0.489 e. The lowest BCUT2D eigenvalue weighted by atomic mass is 10.2. The number of nitrogens with zero attached hydrogens (tertiary/aromatic N) is 1. The Morgan fingerprint density at radius 1 is 1.21 bits per heavy atom. The van der Waals surface area contributed by atoms with E-state index in [4.69, 9.17) is 10.5 Å². The van der Waals surface area contributed by atoms with Crippen molar-refractivity contribution in [3.8, 4) is 5.75 Å². The molecule has 0 bridgehead atoms. The molecule has 1 aromatic heterocycles. The maximum Gasteiger partial charge on any atom is 0.144 e. The van der Waals surface area contributed by atoms with Crippen LogP contribution in [0.5, 0.6) is 5.75 Å². The van der Waals surface area contributed by atoms with Gasteiger partial charge in [0.15, 0.2) is 0 Å². The molecule has 0 aliphatic heterocycles. The summed E-state index contributed by atoms with van der Waals surface area (Å²) >= 11 is 0. The lowest BCUT2D eigenvalue weighted by Gasteiger charge is -2.15. The van der Waals surface area contributed by atoms with Gasteiger partial charge in [0.2, 0.25) is 0 Å². The summed E-state index contributed by atoms with van der Waals surface area (Å²) in [6.07, 6.45) is 3.66. The fraction of sp³-hybridized carbons (Fsp3) is 0.267. The molecule has 0 amide bonds. The van der Waals surface area contributed by atoms with Crippen molar-refractivity contribution in [3.63, 3.8) is 0 Å². The molecular weight excluding hydrogens is 238 g/mol. The third-order valence-corrected chi connectivity index (χ3v) is 2.66. The Morgan fingerprint density at radius 2 is 1.95 bits per heavy atom. The molecule has 0 saturated carbocycles. The first-order valence-corrected chi connectivity index (χ1v) is 6.34. The zero-order chi connectivity index (χ0) is 13.7. The number of hydrogen-bond donors (Lipinski definition) is 2. The lowest BCUT2D eigenvalue weighted by molar-refractivity contribution is 0.244. The lowest BCUT2D eigenvalue weighted by Crippen LogP contribution is -2.09. The number of para-hydroxylation sites is 1. The quantitative estimate of drug-likeness (QED) is 0.808. The summed E-state index contributed by atoms with van der Waals surface area (Å²) < 4.78 is 5.66. The van der Waals surface area contributed by atoms with Crippen LogP contribution in [0.3, 0.4) is 0 Å². The number of nitrogens with one attached hydrogen (secondary N) is 1. The highest BCUT2D eigenvalue weighted by Crippen LogP contribution is 2.30. The molecule has 0 aliphatic rings. The van der Waals surface area contributed by atoms with Crippen LogP contribution >= 0.6 is 0 Å². The molecule has 0 spiro atoms. The number of nitrogen functional groups attached to an aromatic ring is 1. The molecule has 0 radical (unpaired) electrons. The molecule has 1 aromatic carbocycles. The topological polar surface area (TPSA) is 60.2 Å². The minimum atomic E-state index is 0.109. The van der Waals surface area contributed by atoms with Crippen LogP contribution in [0.1, 0.15) is 19.4 Å². The van der Waals surface area contributed by atoms with Crippen LogP contribution in [-0.4, -0.2) is 11.1 Å². The van der Waals surface area contributed by atoms with Crippen molar-refractivity contribution in [2.75, 3.05) is 11.1 Å². The van der Waals surface area contributed by atoms with Crippen molar-refractivity contribution < 1.29 is 4.74 Å². The Kier molecular flexibility index (Phi) is 4.23. The highest BCUT2D eigenvalue weighted by atomic mass is 16.5. The normalized spacial score (nSPS) is 10.5. The number of anilines is 2. The third-order valence-electron chi connectivity index (χ3n) is 2.66. The molecule has 0 atom stereocenters. The molecule has 0 unspecified atom stereocenters. The standard InChI is InChI=1S/C15H19N3O/c1-11(2)19-14-5-3-4-13(15(14)16)18-10-12-6-8-17-9-7-12/h3-9,11,18H,10,16H2,1-2H3. The van der Waals surface area contributed by atoms with E-state index in [2.05, 4.69) is 10.3 Å². The molecule has 2 aromatic rings. The van der Waals surface area contributed by atoms with E-state index in [0.717, 1.165) is 17.0 Å². The van der Waals surface area contributed by atoms with Crippen LogP contribution < -0.4 is 15.8 Å². The summed E-state index contributed by atoms with van der Waals surface area (Å²) in [5, 5.41) is 3.31. The van der Waals surface area contributed by atoms with E-state index in [-0.39, 0.29) is 6.10 Å². The van der Waals surface area contributed by atoms with Crippen molar-refractivity contribution >= 4 is 11.4 Å². The number of benzene rings is 1. The van der Waals surface area contributed by atoms with Gasteiger partial charge in [-0.05, 0) is 43.7 Å². The number of nitrogens with two attached hydrogens (primary N) is 1. The summed E-state index contributed by atoms with van der Waals surface area (Å²) in [6, 6.07) is 9.70. The van der Waals surface area contributed by atoms with Gasteiger partial charge in [0.05, 0.1) is 17.5 Å². The third kappa shape index (κ3) is 3.61. The molecule has 19 heavy (non-hydrogen) atoms. The van der Waals surface area contributed by atoms with Gasteiger partial charge in [0.1, 0.15) is 5.75 Å². The summed E-state index contributed by atoms with van der Waals surface area (Å²) in [5.41, 5.74) is 8.78. The predicted molar refractivity (Wildman–Crippen MR) is 78.2 cm³/mol. The second-order valence-corrected chi connectivity index (χ2v) is 4.59. The van der Waals surface area contributed by atoms with Gasteiger partial charge < -0.3 is 15.8 Å². The molecule has 0 fully saturated rings. The van der Waals surface area contributed by atoms with E-state index in [1.54, 1.807) is 12.4 Å². The highest BCUT2D eigenvalue weighted by molar-refractivity contribution is 5.72. The van der Waals surface area contributed by atoms with E-state index in [0.29, 0.717) is 12.2 Å². The van der Waals surface area contributed by atoms with Crippen LogP contribution in [0.25, 0.3) is 0 Å². The van der Waals surface area contributed by atoms with Gasteiger partial charge in [-0.1, -0.05) is 6.07 Å². The summed E-state index contributed by atoms with van der Waals surface area (Å²) in [6.45, 7) is 4.67. The number of rotatable bonds is 5. The number of hydrogen-bond acceptors (Lipinski definition) is 4. The van der Waals surface area contributed by atoms with E-state index in [1.807, 2.05) is 44.2 Å². The summed E-state index contributed by atoms with van der Waals surface area (Å²) in [4.78, 5) is 3.99. The van der Waals surface area contributed by atoms with E-state index >= 15 is 0 Å². The van der Waals surface area contributed by atoms with Gasteiger partial charge in [-0.2, -0.15) is 0 Å². The van der Waals surface area contributed by atoms with Gasteiger partial charge in [-0.3, -0.25) is 4.98 Å². The molecular formula is C15H19N3O. The number of ether oxygens (including phenoxy) is 1. The second-order valence-electron chi connectivity index (χ2n) is 4.59. The zero-order valence-corrected chi connectivity index (χ0v) is 11.3. The fourth-order valence-corrected chi connectivity index (χ4v) is 1.75. The molecule has 0 saturated heterocycles.